The molecule has 5 aromatic carbocycles. The summed E-state index contributed by atoms with van der Waals surface area (Å²) in [5.74, 6) is -1.81. The topological polar surface area (TPSA) is 78.4 Å². The molecule has 222 valence electrons. The minimum Gasteiger partial charge on any atom is -0.507 e. The molecule has 0 aliphatic rings. The van der Waals surface area contributed by atoms with Crippen molar-refractivity contribution in [1.82, 2.24) is 10.6 Å². The van der Waals surface area contributed by atoms with Gasteiger partial charge in [-0.15, -0.1) is 0 Å². The molecule has 8 heteroatoms. The van der Waals surface area contributed by atoms with Gasteiger partial charge in [0.25, 0.3) is 5.91 Å². The summed E-state index contributed by atoms with van der Waals surface area (Å²) in [4.78, 5) is 26.9. The number of nitrogens with one attached hydrogen (secondary N) is 2. The number of phenols is 1. The van der Waals surface area contributed by atoms with Crippen LogP contribution in [0.25, 0.3) is 22.3 Å². The van der Waals surface area contributed by atoms with Gasteiger partial charge in [0.15, 0.2) is 0 Å². The standard InChI is InChI=1S/C36H29Cl2FN2O3/c37-29-14-8-23(9-15-29)18-19-40-36(44)33(20-24-6-10-26(11-7-24)25-4-2-1-3-5-25)41-35(43)30-21-27(13-17-34(30)42)28-12-16-32(39)31(38)22-28/h1-17,21-22,33,42H,18-20H2,(H,40,44)(H,41,43)/t33-/m0/s1. The van der Waals surface area contributed by atoms with Crippen molar-refractivity contribution in [3.63, 3.8) is 0 Å². The van der Waals surface area contributed by atoms with Crippen molar-refractivity contribution in [3.8, 4) is 28.0 Å². The molecule has 0 fully saturated rings. The number of carbonyl (C=O) groups is 2. The molecule has 3 N–H and O–H groups in total. The predicted octanol–water partition coefficient (Wildman–Crippen LogP) is 7.87. The van der Waals surface area contributed by atoms with Crippen LogP contribution in [0.5, 0.6) is 5.75 Å². The summed E-state index contributed by atoms with van der Waals surface area (Å²) in [6, 6.07) is 32.9. The van der Waals surface area contributed by atoms with Crippen LogP contribution in [-0.2, 0) is 17.6 Å². The average Bonchev–Trinajstić information content (AvgIpc) is 3.04. The van der Waals surface area contributed by atoms with Gasteiger partial charge < -0.3 is 15.7 Å². The number of carbonyl (C=O) groups excluding carboxylic acids is 2. The summed E-state index contributed by atoms with van der Waals surface area (Å²) in [6.07, 6.45) is 0.806. The Morgan fingerprint density at radius 1 is 0.727 bits per heavy atom. The lowest BCUT2D eigenvalue weighted by Crippen LogP contribution is -2.48. The number of hydrogen-bond acceptors (Lipinski definition) is 3. The van der Waals surface area contributed by atoms with E-state index >= 15 is 0 Å². The monoisotopic (exact) mass is 626 g/mol. The molecule has 0 radical (unpaired) electrons. The first kappa shape index (κ1) is 30.8. The number of phenolic OH excluding ortho intramolecular Hbond substituents is 1. The molecular weight excluding hydrogens is 598 g/mol. The molecule has 0 spiro atoms. The van der Waals surface area contributed by atoms with Crippen molar-refractivity contribution in [2.75, 3.05) is 6.54 Å². The minimum absolute atomic E-state index is 0.0265. The van der Waals surface area contributed by atoms with Gasteiger partial charge in [0.1, 0.15) is 17.6 Å². The van der Waals surface area contributed by atoms with E-state index in [-0.39, 0.29) is 28.7 Å². The summed E-state index contributed by atoms with van der Waals surface area (Å²) in [6.45, 7) is 0.353. The van der Waals surface area contributed by atoms with Gasteiger partial charge in [-0.2, -0.15) is 0 Å². The molecule has 0 heterocycles. The lowest BCUT2D eigenvalue weighted by atomic mass is 9.99. The first-order valence-corrected chi connectivity index (χ1v) is 14.8. The van der Waals surface area contributed by atoms with Crippen molar-refractivity contribution < 1.29 is 19.1 Å². The Kier molecular flexibility index (Phi) is 9.95. The normalized spacial score (nSPS) is 11.5. The fraction of sp³-hybridized carbons (Fsp3) is 0.111. The van der Waals surface area contributed by atoms with Crippen LogP contribution in [0.15, 0.2) is 115 Å². The number of hydrogen-bond donors (Lipinski definition) is 3. The molecule has 0 aromatic heterocycles. The van der Waals surface area contributed by atoms with Crippen LogP contribution >= 0.6 is 23.2 Å². The van der Waals surface area contributed by atoms with E-state index in [0.29, 0.717) is 29.1 Å². The molecule has 0 aliphatic heterocycles. The zero-order valence-corrected chi connectivity index (χ0v) is 25.1. The fourth-order valence-corrected chi connectivity index (χ4v) is 5.13. The van der Waals surface area contributed by atoms with Crippen LogP contribution in [0.2, 0.25) is 10.0 Å². The van der Waals surface area contributed by atoms with Crippen LogP contribution in [0.1, 0.15) is 21.5 Å². The summed E-state index contributed by atoms with van der Waals surface area (Å²) < 4.78 is 13.7. The molecule has 0 unspecified atom stereocenters. The summed E-state index contributed by atoms with van der Waals surface area (Å²) >= 11 is 11.9. The zero-order valence-electron chi connectivity index (χ0n) is 23.6. The smallest absolute Gasteiger partial charge is 0.255 e. The van der Waals surface area contributed by atoms with Crippen LogP contribution in [0.3, 0.4) is 0 Å². The predicted molar refractivity (Wildman–Crippen MR) is 174 cm³/mol. The summed E-state index contributed by atoms with van der Waals surface area (Å²) in [5.41, 5.74) is 5.06. The number of aromatic hydroxyl groups is 1. The summed E-state index contributed by atoms with van der Waals surface area (Å²) in [5, 5.41) is 16.9. The van der Waals surface area contributed by atoms with Gasteiger partial charge in [-0.3, -0.25) is 9.59 Å². The van der Waals surface area contributed by atoms with E-state index in [1.54, 1.807) is 18.2 Å². The highest BCUT2D eigenvalue weighted by Gasteiger charge is 2.24. The third kappa shape index (κ3) is 7.84. The van der Waals surface area contributed by atoms with Gasteiger partial charge in [0, 0.05) is 18.0 Å². The van der Waals surface area contributed by atoms with Gasteiger partial charge >= 0.3 is 0 Å². The molecule has 44 heavy (non-hydrogen) atoms. The van der Waals surface area contributed by atoms with Gasteiger partial charge in [-0.1, -0.05) is 102 Å². The second-order valence-electron chi connectivity index (χ2n) is 10.3. The Labute approximate surface area is 265 Å². The molecule has 0 saturated heterocycles. The van der Waals surface area contributed by atoms with Crippen molar-refractivity contribution in [3.05, 3.63) is 148 Å². The van der Waals surface area contributed by atoms with E-state index in [4.69, 9.17) is 23.2 Å². The fourth-order valence-electron chi connectivity index (χ4n) is 4.82. The average molecular weight is 628 g/mol. The van der Waals surface area contributed by atoms with Gasteiger partial charge in [0.05, 0.1) is 10.6 Å². The second kappa shape index (κ2) is 14.2. The van der Waals surface area contributed by atoms with E-state index in [2.05, 4.69) is 10.6 Å². The van der Waals surface area contributed by atoms with Crippen LogP contribution < -0.4 is 10.6 Å². The van der Waals surface area contributed by atoms with Crippen LogP contribution in [0, 0.1) is 5.82 Å². The largest absolute Gasteiger partial charge is 0.507 e. The Bertz CT molecular complexity index is 1760. The molecule has 0 aliphatic carbocycles. The van der Waals surface area contributed by atoms with E-state index in [9.17, 15) is 19.1 Å². The quantitative estimate of drug-likeness (QED) is 0.148. The molecule has 5 aromatic rings. The van der Waals surface area contributed by atoms with Gasteiger partial charge in [0.2, 0.25) is 5.91 Å². The van der Waals surface area contributed by atoms with Crippen molar-refractivity contribution in [2.45, 2.75) is 18.9 Å². The molecule has 5 nitrogen and oxygen atoms in total. The zero-order chi connectivity index (χ0) is 31.1. The number of rotatable bonds is 10. The van der Waals surface area contributed by atoms with Gasteiger partial charge in [-0.25, -0.2) is 4.39 Å². The number of benzene rings is 5. The van der Waals surface area contributed by atoms with Crippen molar-refractivity contribution in [2.24, 2.45) is 0 Å². The Morgan fingerprint density at radius 2 is 1.34 bits per heavy atom. The third-order valence-electron chi connectivity index (χ3n) is 7.24. The maximum Gasteiger partial charge on any atom is 0.255 e. The molecule has 5 rings (SSSR count). The second-order valence-corrected chi connectivity index (χ2v) is 11.2. The Hall–Kier alpha value is -4.65. The van der Waals surface area contributed by atoms with Gasteiger partial charge in [-0.05, 0) is 76.2 Å². The van der Waals surface area contributed by atoms with E-state index in [0.717, 1.165) is 22.3 Å². The highest BCUT2D eigenvalue weighted by molar-refractivity contribution is 6.31. The molecule has 0 saturated carbocycles. The SMILES string of the molecule is O=C(N[C@@H](Cc1ccc(-c2ccccc2)cc1)C(=O)NCCc1ccc(Cl)cc1)c1cc(-c2ccc(F)c(Cl)c2)ccc1O. The maximum atomic E-state index is 13.7. The lowest BCUT2D eigenvalue weighted by Gasteiger charge is -2.20. The first-order chi connectivity index (χ1) is 21.3. The molecule has 0 bridgehead atoms. The molecule has 1 atom stereocenters. The van der Waals surface area contributed by atoms with Crippen LogP contribution in [0.4, 0.5) is 4.39 Å². The first-order valence-electron chi connectivity index (χ1n) is 14.0. The lowest BCUT2D eigenvalue weighted by molar-refractivity contribution is -0.122. The highest BCUT2D eigenvalue weighted by Crippen LogP contribution is 2.29. The van der Waals surface area contributed by atoms with E-state index < -0.39 is 17.8 Å². The summed E-state index contributed by atoms with van der Waals surface area (Å²) in [7, 11) is 0. The number of halogens is 3. The van der Waals surface area contributed by atoms with Crippen molar-refractivity contribution >= 4 is 35.0 Å². The highest BCUT2D eigenvalue weighted by atomic mass is 35.5. The van der Waals surface area contributed by atoms with E-state index in [1.807, 2.05) is 66.7 Å². The Morgan fingerprint density at radius 3 is 2.05 bits per heavy atom. The molecular formula is C36H29Cl2FN2O3. The maximum absolute atomic E-state index is 13.7. The van der Waals surface area contributed by atoms with Crippen LogP contribution in [-0.4, -0.2) is 29.5 Å². The number of amides is 2. The Balaban J connectivity index is 1.35. The van der Waals surface area contributed by atoms with E-state index in [1.165, 1.54) is 30.3 Å². The van der Waals surface area contributed by atoms with Crippen molar-refractivity contribution in [1.29, 1.82) is 0 Å². The molecule has 2 amide bonds. The minimum atomic E-state index is -0.932. The third-order valence-corrected chi connectivity index (χ3v) is 7.78.